The number of aryl methyl sites for hydroxylation is 2. The molecule has 2 aromatic carbocycles. The number of nitrogens with one attached hydrogen (secondary N) is 1. The molecule has 0 aromatic heterocycles. The van der Waals surface area contributed by atoms with Crippen LogP contribution in [-0.2, 0) is 4.79 Å². The minimum atomic E-state index is -0.544. The van der Waals surface area contributed by atoms with Gasteiger partial charge in [0.1, 0.15) is 0 Å². The fraction of sp³-hybridized carbons (Fsp3) is 0.375. The largest absolute Gasteiger partial charge is 0.334 e. The molecule has 0 aliphatic carbocycles. The van der Waals surface area contributed by atoms with Gasteiger partial charge in [-0.15, -0.1) is 0 Å². The van der Waals surface area contributed by atoms with Crippen LogP contribution in [0.25, 0.3) is 0 Å². The lowest BCUT2D eigenvalue weighted by Gasteiger charge is -2.31. The van der Waals surface area contributed by atoms with Crippen LogP contribution in [0, 0.1) is 13.8 Å². The molecule has 0 saturated heterocycles. The van der Waals surface area contributed by atoms with E-state index in [0.29, 0.717) is 17.8 Å². The Balaban J connectivity index is 1.93. The van der Waals surface area contributed by atoms with Gasteiger partial charge in [0, 0.05) is 11.8 Å². The summed E-state index contributed by atoms with van der Waals surface area (Å²) in [6, 6.07) is 13.0. The molecule has 5 nitrogen and oxygen atoms in total. The normalized spacial score (nSPS) is 16.7. The number of aliphatic imine (C=N–C) groups is 1. The molecule has 152 valence electrons. The molecule has 2 aromatic rings. The second-order valence-corrected chi connectivity index (χ2v) is 7.57. The van der Waals surface area contributed by atoms with Crippen LogP contribution in [0.1, 0.15) is 46.8 Å². The molecule has 1 heterocycles. The first-order valence-corrected chi connectivity index (χ1v) is 10.4. The Bertz CT molecular complexity index is 931. The second kappa shape index (κ2) is 9.14. The number of carbonyl (C=O) groups excluding carboxylic acids is 2. The van der Waals surface area contributed by atoms with Gasteiger partial charge in [-0.3, -0.25) is 14.6 Å². The molecule has 0 saturated carbocycles. The fourth-order valence-electron chi connectivity index (χ4n) is 3.72. The first kappa shape index (κ1) is 20.9. The van der Waals surface area contributed by atoms with Crippen molar-refractivity contribution in [3.8, 4) is 0 Å². The predicted octanol–water partition coefficient (Wildman–Crippen LogP) is 2.57. The zero-order valence-electron chi connectivity index (χ0n) is 17.7. The van der Waals surface area contributed by atoms with Gasteiger partial charge in [0.25, 0.3) is 5.91 Å². The van der Waals surface area contributed by atoms with Gasteiger partial charge < -0.3 is 4.90 Å². The van der Waals surface area contributed by atoms with E-state index in [1.54, 1.807) is 12.3 Å². The van der Waals surface area contributed by atoms with Crippen molar-refractivity contribution in [3.63, 3.8) is 0 Å². The third-order valence-corrected chi connectivity index (χ3v) is 5.81. The SMILES string of the molecule is CC[NH+](CC)CCN=CC1C(=O)N(c2ccc(C)c(C)c2)C(=O)c2ccccc21. The Labute approximate surface area is 173 Å². The van der Waals surface area contributed by atoms with E-state index in [-0.39, 0.29) is 11.8 Å². The minimum Gasteiger partial charge on any atom is -0.334 e. The van der Waals surface area contributed by atoms with Crippen LogP contribution in [0.2, 0.25) is 0 Å². The molecule has 5 heteroatoms. The number of imide groups is 1. The maximum absolute atomic E-state index is 13.3. The highest BCUT2D eigenvalue weighted by atomic mass is 16.2. The molecular weight excluding hydrogens is 362 g/mol. The molecule has 29 heavy (non-hydrogen) atoms. The number of amides is 2. The van der Waals surface area contributed by atoms with Gasteiger partial charge in [0.15, 0.2) is 0 Å². The number of nitrogens with zero attached hydrogens (tertiary/aromatic N) is 2. The van der Waals surface area contributed by atoms with Gasteiger partial charge in [-0.1, -0.05) is 24.3 Å². The van der Waals surface area contributed by atoms with Gasteiger partial charge >= 0.3 is 0 Å². The van der Waals surface area contributed by atoms with Gasteiger partial charge in [-0.05, 0) is 62.6 Å². The number of anilines is 1. The lowest BCUT2D eigenvalue weighted by atomic mass is 9.88. The van der Waals surface area contributed by atoms with Crippen LogP contribution in [0.15, 0.2) is 47.5 Å². The van der Waals surface area contributed by atoms with E-state index in [4.69, 9.17) is 0 Å². The van der Waals surface area contributed by atoms with E-state index in [2.05, 4.69) is 18.8 Å². The maximum Gasteiger partial charge on any atom is 0.265 e. The molecule has 3 rings (SSSR count). The summed E-state index contributed by atoms with van der Waals surface area (Å²) >= 11 is 0. The Hall–Kier alpha value is -2.79. The average Bonchev–Trinajstić information content (AvgIpc) is 2.73. The third-order valence-electron chi connectivity index (χ3n) is 5.81. The molecule has 1 aliphatic heterocycles. The molecule has 1 N–H and O–H groups in total. The molecule has 2 amide bonds. The van der Waals surface area contributed by atoms with Crippen molar-refractivity contribution in [1.29, 1.82) is 0 Å². The second-order valence-electron chi connectivity index (χ2n) is 7.57. The average molecular weight is 393 g/mol. The highest BCUT2D eigenvalue weighted by molar-refractivity contribution is 6.29. The topological polar surface area (TPSA) is 54.2 Å². The van der Waals surface area contributed by atoms with Crippen LogP contribution in [0.4, 0.5) is 5.69 Å². The van der Waals surface area contributed by atoms with Crippen molar-refractivity contribution in [2.24, 2.45) is 4.99 Å². The monoisotopic (exact) mass is 392 g/mol. The van der Waals surface area contributed by atoms with Crippen molar-refractivity contribution in [2.45, 2.75) is 33.6 Å². The van der Waals surface area contributed by atoms with Crippen molar-refractivity contribution in [1.82, 2.24) is 0 Å². The van der Waals surface area contributed by atoms with E-state index in [1.165, 1.54) is 9.80 Å². The van der Waals surface area contributed by atoms with Crippen LogP contribution < -0.4 is 9.80 Å². The summed E-state index contributed by atoms with van der Waals surface area (Å²) in [5.41, 5.74) is 4.10. The lowest BCUT2D eigenvalue weighted by molar-refractivity contribution is -0.894. The van der Waals surface area contributed by atoms with Crippen molar-refractivity contribution >= 4 is 23.7 Å². The first-order chi connectivity index (χ1) is 14.0. The lowest BCUT2D eigenvalue weighted by Crippen LogP contribution is -3.11. The minimum absolute atomic E-state index is 0.240. The summed E-state index contributed by atoms with van der Waals surface area (Å²) in [5, 5.41) is 0. The molecule has 0 bridgehead atoms. The van der Waals surface area contributed by atoms with Crippen LogP contribution in [-0.4, -0.2) is 44.2 Å². The number of likely N-dealkylation sites (N-methyl/N-ethyl adjacent to an activating group) is 1. The zero-order valence-corrected chi connectivity index (χ0v) is 17.7. The van der Waals surface area contributed by atoms with Gasteiger partial charge in [0.2, 0.25) is 5.91 Å². The highest BCUT2D eigenvalue weighted by Crippen LogP contribution is 2.32. The Morgan fingerprint density at radius 2 is 1.76 bits per heavy atom. The summed E-state index contributed by atoms with van der Waals surface area (Å²) in [6.07, 6.45) is 1.73. The predicted molar refractivity (Wildman–Crippen MR) is 117 cm³/mol. The quantitative estimate of drug-likeness (QED) is 0.582. The number of hydrogen-bond donors (Lipinski definition) is 1. The van der Waals surface area contributed by atoms with Gasteiger partial charge in [-0.2, -0.15) is 0 Å². The number of fused-ring (bicyclic) bond motifs is 1. The summed E-state index contributed by atoms with van der Waals surface area (Å²) in [5.74, 6) is -1.06. The molecule has 0 fully saturated rings. The Kier molecular flexibility index (Phi) is 6.60. The fourth-order valence-corrected chi connectivity index (χ4v) is 3.72. The standard InChI is InChI=1S/C24H29N3O2/c1-5-26(6-2)14-13-25-16-22-20-9-7-8-10-21(20)23(28)27(24(22)29)19-12-11-17(3)18(4)15-19/h7-12,15-16,22H,5-6,13-14H2,1-4H3/p+1. The van der Waals surface area contributed by atoms with E-state index in [0.717, 1.165) is 36.3 Å². The summed E-state index contributed by atoms with van der Waals surface area (Å²) < 4.78 is 0. The summed E-state index contributed by atoms with van der Waals surface area (Å²) in [7, 11) is 0. The zero-order chi connectivity index (χ0) is 21.0. The maximum atomic E-state index is 13.3. The molecular formula is C24H30N3O2+. The smallest absolute Gasteiger partial charge is 0.265 e. The molecule has 1 unspecified atom stereocenters. The summed E-state index contributed by atoms with van der Waals surface area (Å²) in [6.45, 7) is 12.1. The van der Waals surface area contributed by atoms with Crippen LogP contribution >= 0.6 is 0 Å². The van der Waals surface area contributed by atoms with Crippen molar-refractivity contribution in [2.75, 3.05) is 31.1 Å². The molecule has 1 aliphatic rings. The van der Waals surface area contributed by atoms with E-state index >= 15 is 0 Å². The number of rotatable bonds is 7. The molecule has 0 radical (unpaired) electrons. The van der Waals surface area contributed by atoms with Crippen molar-refractivity contribution in [3.05, 3.63) is 64.7 Å². The first-order valence-electron chi connectivity index (χ1n) is 10.4. The van der Waals surface area contributed by atoms with Crippen LogP contribution in [0.3, 0.4) is 0 Å². The van der Waals surface area contributed by atoms with Gasteiger partial charge in [-0.25, -0.2) is 4.90 Å². The van der Waals surface area contributed by atoms with Gasteiger partial charge in [0.05, 0.1) is 37.8 Å². The Morgan fingerprint density at radius 3 is 2.45 bits per heavy atom. The number of quaternary nitrogens is 1. The van der Waals surface area contributed by atoms with E-state index in [1.807, 2.05) is 50.2 Å². The summed E-state index contributed by atoms with van der Waals surface area (Å²) in [4.78, 5) is 33.8. The number of carbonyl (C=O) groups is 2. The molecule has 1 atom stereocenters. The van der Waals surface area contributed by atoms with Crippen LogP contribution in [0.5, 0.6) is 0 Å². The third kappa shape index (κ3) is 4.30. The number of benzene rings is 2. The number of hydrogen-bond acceptors (Lipinski definition) is 3. The van der Waals surface area contributed by atoms with E-state index in [9.17, 15) is 9.59 Å². The van der Waals surface area contributed by atoms with E-state index < -0.39 is 5.92 Å². The Morgan fingerprint density at radius 1 is 1.03 bits per heavy atom. The highest BCUT2D eigenvalue weighted by Gasteiger charge is 2.38. The van der Waals surface area contributed by atoms with Crippen molar-refractivity contribution < 1.29 is 14.5 Å². The molecule has 0 spiro atoms.